The Morgan fingerprint density at radius 1 is 1.54 bits per heavy atom. The van der Waals surface area contributed by atoms with Gasteiger partial charge >= 0.3 is 5.97 Å². The molecule has 1 aliphatic heterocycles. The molecule has 2 heteroatoms. The van der Waals surface area contributed by atoms with Gasteiger partial charge in [0.1, 0.15) is 6.61 Å². The summed E-state index contributed by atoms with van der Waals surface area (Å²) in [4.78, 5) is 11.1. The first-order valence-electron chi connectivity index (χ1n) is 4.68. The highest BCUT2D eigenvalue weighted by molar-refractivity contribution is 5.85. The molecule has 0 amide bonds. The summed E-state index contributed by atoms with van der Waals surface area (Å²) in [7, 11) is 0. The highest BCUT2D eigenvalue weighted by Crippen LogP contribution is 2.42. The highest BCUT2D eigenvalue weighted by atomic mass is 16.5. The molecule has 0 aromatic rings. The van der Waals surface area contributed by atoms with Crippen LogP contribution in [0.25, 0.3) is 0 Å². The fourth-order valence-electron chi connectivity index (χ4n) is 2.16. The second-order valence-corrected chi connectivity index (χ2v) is 4.15. The van der Waals surface area contributed by atoms with Gasteiger partial charge in [-0.15, -0.1) is 0 Å². The van der Waals surface area contributed by atoms with Crippen LogP contribution in [0.15, 0.2) is 23.3 Å². The number of allylic oxidation sites excluding steroid dienone is 2. The van der Waals surface area contributed by atoms with Crippen molar-refractivity contribution in [3.63, 3.8) is 0 Å². The molecule has 0 saturated heterocycles. The van der Waals surface area contributed by atoms with Crippen molar-refractivity contribution >= 4 is 5.97 Å². The molecule has 0 bridgehead atoms. The Balaban J connectivity index is 2.45. The number of esters is 1. The predicted octanol–water partition coefficient (Wildman–Crippen LogP) is 2.22. The maximum absolute atomic E-state index is 11.1. The monoisotopic (exact) mass is 178 g/mol. The van der Waals surface area contributed by atoms with Crippen LogP contribution in [0.1, 0.15) is 26.7 Å². The van der Waals surface area contributed by atoms with Gasteiger partial charge in [0.2, 0.25) is 0 Å². The van der Waals surface area contributed by atoms with Crippen molar-refractivity contribution in [3.05, 3.63) is 23.3 Å². The third-order valence-electron chi connectivity index (χ3n) is 3.02. The van der Waals surface area contributed by atoms with Gasteiger partial charge in [0, 0.05) is 11.5 Å². The molecule has 0 unspecified atom stereocenters. The van der Waals surface area contributed by atoms with Gasteiger partial charge in [-0.1, -0.05) is 18.6 Å². The van der Waals surface area contributed by atoms with Crippen molar-refractivity contribution in [2.75, 3.05) is 6.61 Å². The molecule has 1 aliphatic carbocycles. The number of hydrogen-bond donors (Lipinski definition) is 0. The molecule has 0 spiro atoms. The number of hydrogen-bond acceptors (Lipinski definition) is 2. The van der Waals surface area contributed by atoms with E-state index in [1.807, 2.05) is 0 Å². The van der Waals surface area contributed by atoms with Crippen LogP contribution in [0.2, 0.25) is 0 Å². The highest BCUT2D eigenvalue weighted by Gasteiger charge is 2.36. The molecule has 0 saturated carbocycles. The Morgan fingerprint density at radius 2 is 2.31 bits per heavy atom. The maximum Gasteiger partial charge on any atom is 0.331 e. The van der Waals surface area contributed by atoms with Gasteiger partial charge in [-0.3, -0.25) is 0 Å². The van der Waals surface area contributed by atoms with Crippen molar-refractivity contribution in [3.8, 4) is 0 Å². The van der Waals surface area contributed by atoms with Gasteiger partial charge in [-0.25, -0.2) is 4.79 Å². The molecule has 0 N–H and O–H groups in total. The van der Waals surface area contributed by atoms with E-state index in [1.54, 1.807) is 6.08 Å². The lowest BCUT2D eigenvalue weighted by Gasteiger charge is -2.37. The second-order valence-electron chi connectivity index (χ2n) is 4.15. The Labute approximate surface area is 78.3 Å². The summed E-state index contributed by atoms with van der Waals surface area (Å²) in [5.41, 5.74) is 2.49. The van der Waals surface area contributed by atoms with E-state index >= 15 is 0 Å². The smallest absolute Gasteiger partial charge is 0.331 e. The molecular formula is C11H14O2. The van der Waals surface area contributed by atoms with Gasteiger partial charge in [0.25, 0.3) is 0 Å². The Morgan fingerprint density at radius 3 is 3.08 bits per heavy atom. The van der Waals surface area contributed by atoms with E-state index in [0.29, 0.717) is 6.61 Å². The summed E-state index contributed by atoms with van der Waals surface area (Å²) in [6.45, 7) is 4.78. The number of carbonyl (C=O) groups excluding carboxylic acids is 1. The van der Waals surface area contributed by atoms with E-state index in [2.05, 4.69) is 19.9 Å². The predicted molar refractivity (Wildman–Crippen MR) is 50.1 cm³/mol. The molecular weight excluding hydrogens is 164 g/mol. The zero-order valence-corrected chi connectivity index (χ0v) is 8.09. The standard InChI is InChI=1S/C11H14O2/c1-8-4-3-5-11(2)7-13-10(12)6-9(8)11/h4,6H,3,5,7H2,1-2H3/t11-/m0/s1. The molecule has 70 valence electrons. The van der Waals surface area contributed by atoms with Gasteiger partial charge in [0.05, 0.1) is 0 Å². The van der Waals surface area contributed by atoms with Crippen molar-refractivity contribution in [2.24, 2.45) is 5.41 Å². The normalized spacial score (nSPS) is 32.9. The van der Waals surface area contributed by atoms with Gasteiger partial charge in [-0.2, -0.15) is 0 Å². The molecule has 0 fully saturated rings. The van der Waals surface area contributed by atoms with Crippen LogP contribution in [0.3, 0.4) is 0 Å². The number of ether oxygens (including phenoxy) is 1. The molecule has 2 aliphatic rings. The van der Waals surface area contributed by atoms with E-state index in [-0.39, 0.29) is 11.4 Å². The van der Waals surface area contributed by atoms with Crippen LogP contribution in [-0.2, 0) is 9.53 Å². The van der Waals surface area contributed by atoms with Crippen molar-refractivity contribution in [2.45, 2.75) is 26.7 Å². The lowest BCUT2D eigenvalue weighted by Crippen LogP contribution is -2.33. The number of rotatable bonds is 0. The minimum atomic E-state index is -0.192. The minimum absolute atomic E-state index is 0.0761. The van der Waals surface area contributed by atoms with E-state index in [4.69, 9.17) is 4.74 Å². The minimum Gasteiger partial charge on any atom is -0.462 e. The third kappa shape index (κ3) is 1.30. The summed E-state index contributed by atoms with van der Waals surface area (Å²) in [6.07, 6.45) is 6.03. The first-order chi connectivity index (χ1) is 6.12. The van der Waals surface area contributed by atoms with E-state index in [0.717, 1.165) is 12.8 Å². The fourth-order valence-corrected chi connectivity index (χ4v) is 2.16. The van der Waals surface area contributed by atoms with Gasteiger partial charge in [0.15, 0.2) is 0 Å². The Bertz CT molecular complexity index is 312. The zero-order chi connectivity index (χ0) is 9.47. The average Bonchev–Trinajstić information content (AvgIpc) is 2.08. The third-order valence-corrected chi connectivity index (χ3v) is 3.02. The summed E-state index contributed by atoms with van der Waals surface area (Å²) < 4.78 is 5.06. The molecule has 13 heavy (non-hydrogen) atoms. The van der Waals surface area contributed by atoms with E-state index < -0.39 is 0 Å². The number of cyclic esters (lactones) is 1. The molecule has 0 radical (unpaired) electrons. The zero-order valence-electron chi connectivity index (χ0n) is 8.09. The van der Waals surface area contributed by atoms with Crippen LogP contribution < -0.4 is 0 Å². The van der Waals surface area contributed by atoms with Crippen LogP contribution in [-0.4, -0.2) is 12.6 Å². The molecule has 2 nitrogen and oxygen atoms in total. The lowest BCUT2D eigenvalue weighted by molar-refractivity contribution is -0.142. The summed E-state index contributed by atoms with van der Waals surface area (Å²) in [5.74, 6) is -0.192. The number of fused-ring (bicyclic) bond motifs is 1. The lowest BCUT2D eigenvalue weighted by atomic mass is 9.71. The van der Waals surface area contributed by atoms with Crippen molar-refractivity contribution in [1.82, 2.24) is 0 Å². The molecule has 1 atom stereocenters. The summed E-state index contributed by atoms with van der Waals surface area (Å²) >= 11 is 0. The Hall–Kier alpha value is -1.05. The molecule has 0 aromatic heterocycles. The number of carbonyl (C=O) groups is 1. The maximum atomic E-state index is 11.1. The van der Waals surface area contributed by atoms with Gasteiger partial charge in [-0.05, 0) is 25.3 Å². The van der Waals surface area contributed by atoms with Crippen LogP contribution in [0, 0.1) is 5.41 Å². The van der Waals surface area contributed by atoms with Crippen molar-refractivity contribution in [1.29, 1.82) is 0 Å². The molecule has 0 aromatic carbocycles. The Kier molecular flexibility index (Phi) is 1.79. The van der Waals surface area contributed by atoms with Crippen LogP contribution in [0.5, 0.6) is 0 Å². The quantitative estimate of drug-likeness (QED) is 0.532. The van der Waals surface area contributed by atoms with Crippen LogP contribution >= 0.6 is 0 Å². The SMILES string of the molecule is CC1=CCC[C@@]2(C)COC(=O)C=C12. The molecule has 2 rings (SSSR count). The second kappa shape index (κ2) is 2.72. The topological polar surface area (TPSA) is 26.3 Å². The average molecular weight is 178 g/mol. The first kappa shape index (κ1) is 8.54. The first-order valence-corrected chi connectivity index (χ1v) is 4.68. The summed E-state index contributed by atoms with van der Waals surface area (Å²) in [6, 6.07) is 0. The molecule has 1 heterocycles. The van der Waals surface area contributed by atoms with E-state index in [1.165, 1.54) is 11.1 Å². The van der Waals surface area contributed by atoms with E-state index in [9.17, 15) is 4.79 Å². The summed E-state index contributed by atoms with van der Waals surface area (Å²) in [5, 5.41) is 0. The van der Waals surface area contributed by atoms with Gasteiger partial charge < -0.3 is 4.74 Å². The van der Waals surface area contributed by atoms with Crippen molar-refractivity contribution < 1.29 is 9.53 Å². The van der Waals surface area contributed by atoms with Crippen LogP contribution in [0.4, 0.5) is 0 Å². The largest absolute Gasteiger partial charge is 0.462 e. The fraction of sp³-hybridized carbons (Fsp3) is 0.545.